The average molecular weight is 421 g/mol. The van der Waals surface area contributed by atoms with Crippen molar-refractivity contribution in [1.29, 1.82) is 0 Å². The van der Waals surface area contributed by atoms with Crippen molar-refractivity contribution in [3.05, 3.63) is 64.8 Å². The number of rotatable bonds is 5. The van der Waals surface area contributed by atoms with Crippen LogP contribution in [0.15, 0.2) is 64.1 Å². The zero-order valence-corrected chi connectivity index (χ0v) is 16.9. The maximum absolute atomic E-state index is 13.2. The second kappa shape index (κ2) is 6.94. The molecule has 0 N–H and O–H groups in total. The van der Waals surface area contributed by atoms with Crippen molar-refractivity contribution >= 4 is 36.9 Å². The monoisotopic (exact) mass is 420 g/mol. The van der Waals surface area contributed by atoms with Crippen molar-refractivity contribution in [1.82, 2.24) is 8.87 Å². The first-order valence-corrected chi connectivity index (χ1v) is 10.3. The van der Waals surface area contributed by atoms with Crippen LogP contribution >= 0.6 is 15.9 Å². The predicted octanol–water partition coefficient (Wildman–Crippen LogP) is 4.13. The SMILES string of the molecule is CC(Cc1cn(S(=O)(=O)c2ccccc2Br)c2ccccc12)N(C)C. The lowest BCUT2D eigenvalue weighted by molar-refractivity contribution is 0.313. The molecule has 0 fully saturated rings. The molecule has 1 heterocycles. The summed E-state index contributed by atoms with van der Waals surface area (Å²) < 4.78 is 28.4. The van der Waals surface area contributed by atoms with E-state index in [1.54, 1.807) is 30.5 Å². The summed E-state index contributed by atoms with van der Waals surface area (Å²) in [6, 6.07) is 14.9. The average Bonchev–Trinajstić information content (AvgIpc) is 2.94. The van der Waals surface area contributed by atoms with Gasteiger partial charge >= 0.3 is 0 Å². The Labute approximate surface area is 157 Å². The number of benzene rings is 2. The van der Waals surface area contributed by atoms with Crippen molar-refractivity contribution in [2.24, 2.45) is 0 Å². The summed E-state index contributed by atoms with van der Waals surface area (Å²) in [6.07, 6.45) is 2.55. The Hall–Kier alpha value is -1.63. The smallest absolute Gasteiger partial charge is 0.269 e. The van der Waals surface area contributed by atoms with Crippen LogP contribution in [0.25, 0.3) is 10.9 Å². The fourth-order valence-corrected chi connectivity index (χ4v) is 5.20. The summed E-state index contributed by atoms with van der Waals surface area (Å²) >= 11 is 3.36. The van der Waals surface area contributed by atoms with Crippen molar-refractivity contribution in [2.75, 3.05) is 14.1 Å². The van der Waals surface area contributed by atoms with Crippen molar-refractivity contribution in [3.8, 4) is 0 Å². The maximum atomic E-state index is 13.2. The maximum Gasteiger partial charge on any atom is 0.269 e. The topological polar surface area (TPSA) is 42.3 Å². The molecule has 6 heteroatoms. The Balaban J connectivity index is 2.19. The zero-order valence-electron chi connectivity index (χ0n) is 14.5. The summed E-state index contributed by atoms with van der Waals surface area (Å²) in [7, 11) is 0.384. The van der Waals surface area contributed by atoms with Gasteiger partial charge in [-0.15, -0.1) is 0 Å². The van der Waals surface area contributed by atoms with Gasteiger partial charge in [0.25, 0.3) is 10.0 Å². The number of nitrogens with zero attached hydrogens (tertiary/aromatic N) is 2. The lowest BCUT2D eigenvalue weighted by Gasteiger charge is -2.19. The minimum absolute atomic E-state index is 0.267. The van der Waals surface area contributed by atoms with Crippen LogP contribution in [-0.4, -0.2) is 37.4 Å². The molecule has 0 aliphatic heterocycles. The fraction of sp³-hybridized carbons (Fsp3) is 0.263. The van der Waals surface area contributed by atoms with E-state index >= 15 is 0 Å². The Morgan fingerprint density at radius 1 is 1.08 bits per heavy atom. The third-order valence-electron chi connectivity index (χ3n) is 4.53. The van der Waals surface area contributed by atoms with Gasteiger partial charge in [0.15, 0.2) is 0 Å². The molecule has 0 spiro atoms. The van der Waals surface area contributed by atoms with Gasteiger partial charge in [-0.2, -0.15) is 0 Å². The van der Waals surface area contributed by atoms with Crippen LogP contribution < -0.4 is 0 Å². The molecule has 0 radical (unpaired) electrons. The third-order valence-corrected chi connectivity index (χ3v) is 7.22. The Kier molecular flexibility index (Phi) is 5.04. The van der Waals surface area contributed by atoms with Crippen molar-refractivity contribution in [2.45, 2.75) is 24.3 Å². The van der Waals surface area contributed by atoms with Gasteiger partial charge < -0.3 is 4.90 Å². The molecule has 1 unspecified atom stereocenters. The second-order valence-corrected chi connectivity index (χ2v) is 9.06. The predicted molar refractivity (Wildman–Crippen MR) is 106 cm³/mol. The molecule has 4 nitrogen and oxygen atoms in total. The van der Waals surface area contributed by atoms with Crippen LogP contribution in [0.4, 0.5) is 0 Å². The highest BCUT2D eigenvalue weighted by molar-refractivity contribution is 9.10. The molecule has 1 atom stereocenters. The van der Waals surface area contributed by atoms with Crippen LogP contribution in [-0.2, 0) is 16.4 Å². The van der Waals surface area contributed by atoms with Gasteiger partial charge in [-0.05, 0) is 67.1 Å². The number of aromatic nitrogens is 1. The molecule has 2 aromatic carbocycles. The molecule has 0 bridgehead atoms. The summed E-state index contributed by atoms with van der Waals surface area (Å²) in [5.74, 6) is 0. The Morgan fingerprint density at radius 2 is 1.72 bits per heavy atom. The van der Waals surface area contributed by atoms with E-state index in [9.17, 15) is 8.42 Å². The number of likely N-dealkylation sites (N-methyl/N-ethyl adjacent to an activating group) is 1. The molecule has 0 saturated carbocycles. The quantitative estimate of drug-likeness (QED) is 0.622. The lowest BCUT2D eigenvalue weighted by atomic mass is 10.1. The molecule has 3 aromatic rings. The number of hydrogen-bond acceptors (Lipinski definition) is 3. The van der Waals surface area contributed by atoms with Crippen LogP contribution in [0.3, 0.4) is 0 Å². The molecule has 0 amide bonds. The summed E-state index contributed by atoms with van der Waals surface area (Å²) in [5, 5.41) is 0.979. The van der Waals surface area contributed by atoms with Crippen molar-refractivity contribution < 1.29 is 8.42 Å². The van der Waals surface area contributed by atoms with Crippen LogP contribution in [0.1, 0.15) is 12.5 Å². The highest BCUT2D eigenvalue weighted by Crippen LogP contribution is 2.30. The number of para-hydroxylation sites is 1. The number of fused-ring (bicyclic) bond motifs is 1. The number of halogens is 1. The number of hydrogen-bond donors (Lipinski definition) is 0. The van der Waals surface area contributed by atoms with E-state index in [2.05, 4.69) is 27.8 Å². The van der Waals surface area contributed by atoms with Gasteiger partial charge in [-0.3, -0.25) is 0 Å². The van der Waals surface area contributed by atoms with Crippen LogP contribution in [0.2, 0.25) is 0 Å². The van der Waals surface area contributed by atoms with Gasteiger partial charge in [0.1, 0.15) is 4.90 Å². The third kappa shape index (κ3) is 3.38. The molecule has 1 aromatic heterocycles. The lowest BCUT2D eigenvalue weighted by Crippen LogP contribution is -2.26. The van der Waals surface area contributed by atoms with Crippen LogP contribution in [0.5, 0.6) is 0 Å². The Morgan fingerprint density at radius 3 is 2.40 bits per heavy atom. The van der Waals surface area contributed by atoms with E-state index in [-0.39, 0.29) is 4.90 Å². The van der Waals surface area contributed by atoms with Gasteiger partial charge in [0.05, 0.1) is 5.52 Å². The normalized spacial score (nSPS) is 13.5. The minimum Gasteiger partial charge on any atom is -0.306 e. The van der Waals surface area contributed by atoms with E-state index in [1.165, 1.54) is 3.97 Å². The molecule has 0 aliphatic rings. The highest BCUT2D eigenvalue weighted by atomic mass is 79.9. The molecular weight excluding hydrogens is 400 g/mol. The zero-order chi connectivity index (χ0) is 18.2. The molecule has 3 rings (SSSR count). The minimum atomic E-state index is -3.68. The molecular formula is C19H21BrN2O2S. The van der Waals surface area contributed by atoms with E-state index in [0.717, 1.165) is 17.4 Å². The first-order valence-electron chi connectivity index (χ1n) is 8.08. The second-order valence-electron chi connectivity index (χ2n) is 6.42. The van der Waals surface area contributed by atoms with Crippen molar-refractivity contribution in [3.63, 3.8) is 0 Å². The van der Waals surface area contributed by atoms with E-state index in [4.69, 9.17) is 0 Å². The standard InChI is InChI=1S/C19H21BrN2O2S/c1-14(21(2)3)12-15-13-22(18-10-6-4-8-16(15)18)25(23,24)19-11-7-5-9-17(19)20/h4-11,13-14H,12H2,1-3H3. The molecule has 25 heavy (non-hydrogen) atoms. The summed E-state index contributed by atoms with van der Waals surface area (Å²) in [4.78, 5) is 2.40. The highest BCUT2D eigenvalue weighted by Gasteiger charge is 2.23. The van der Waals surface area contributed by atoms with Gasteiger partial charge in [-0.25, -0.2) is 12.4 Å². The molecule has 0 aliphatic carbocycles. The Bertz CT molecular complexity index is 1010. The first kappa shape index (κ1) is 18.2. The van der Waals surface area contributed by atoms with Gasteiger partial charge in [0.2, 0.25) is 0 Å². The van der Waals surface area contributed by atoms with E-state index in [0.29, 0.717) is 16.0 Å². The van der Waals surface area contributed by atoms with Crippen LogP contribution in [0, 0.1) is 0 Å². The fourth-order valence-electron chi connectivity index (χ4n) is 2.84. The first-order chi connectivity index (χ1) is 11.8. The molecule has 132 valence electrons. The summed E-state index contributed by atoms with van der Waals surface area (Å²) in [5.41, 5.74) is 1.74. The van der Waals surface area contributed by atoms with Gasteiger partial charge in [-0.1, -0.05) is 30.3 Å². The summed E-state index contributed by atoms with van der Waals surface area (Å²) in [6.45, 7) is 2.13. The van der Waals surface area contributed by atoms with Gasteiger partial charge in [0, 0.05) is 22.1 Å². The van der Waals surface area contributed by atoms with E-state index < -0.39 is 10.0 Å². The molecule has 0 saturated heterocycles. The van der Waals surface area contributed by atoms with E-state index in [1.807, 2.05) is 38.4 Å². The largest absolute Gasteiger partial charge is 0.306 e.